The molecule has 0 saturated carbocycles. The minimum absolute atomic E-state index is 0.116. The molecule has 1 saturated heterocycles. The number of fused-ring (bicyclic) bond motifs is 2. The number of halogens is 3. The number of hydrogen-bond donors (Lipinski definition) is 1. The predicted octanol–water partition coefficient (Wildman–Crippen LogP) is 4.78. The van der Waals surface area contributed by atoms with Gasteiger partial charge in [-0.15, -0.1) is 0 Å². The number of carbonyl (C=O) groups excluding carboxylic acids is 2. The van der Waals surface area contributed by atoms with Crippen molar-refractivity contribution in [1.82, 2.24) is 19.7 Å². The van der Waals surface area contributed by atoms with Gasteiger partial charge in [-0.2, -0.15) is 18.3 Å². The third-order valence-corrected chi connectivity index (χ3v) is 6.37. The molecular formula is C23H26F3N5O4. The van der Waals surface area contributed by atoms with Gasteiger partial charge in [-0.25, -0.2) is 14.6 Å². The molecule has 4 heterocycles. The van der Waals surface area contributed by atoms with Gasteiger partial charge in [0.1, 0.15) is 11.4 Å². The lowest BCUT2D eigenvalue weighted by Gasteiger charge is -2.28. The maximum absolute atomic E-state index is 13.8. The van der Waals surface area contributed by atoms with Gasteiger partial charge in [0.25, 0.3) is 0 Å². The van der Waals surface area contributed by atoms with Crippen LogP contribution in [0.1, 0.15) is 62.6 Å². The Balaban J connectivity index is 1.52. The molecule has 2 aromatic heterocycles. The summed E-state index contributed by atoms with van der Waals surface area (Å²) in [6.07, 6.45) is -4.56. The van der Waals surface area contributed by atoms with E-state index < -0.39 is 30.1 Å². The van der Waals surface area contributed by atoms with Crippen LogP contribution in [0.4, 0.5) is 28.6 Å². The van der Waals surface area contributed by atoms with Crippen molar-refractivity contribution in [1.29, 1.82) is 0 Å². The number of ether oxygens (including phenoxy) is 2. The highest BCUT2D eigenvalue weighted by Crippen LogP contribution is 2.47. The number of alkyl halides is 3. The first-order valence-corrected chi connectivity index (χ1v) is 11.5. The van der Waals surface area contributed by atoms with Crippen LogP contribution in [0.2, 0.25) is 0 Å². The van der Waals surface area contributed by atoms with Gasteiger partial charge in [-0.3, -0.25) is 10.00 Å². The second-order valence-corrected chi connectivity index (χ2v) is 10.0. The predicted molar refractivity (Wildman–Crippen MR) is 118 cm³/mol. The summed E-state index contributed by atoms with van der Waals surface area (Å²) in [4.78, 5) is 29.8. The van der Waals surface area contributed by atoms with E-state index in [9.17, 15) is 22.8 Å². The van der Waals surface area contributed by atoms with Gasteiger partial charge >= 0.3 is 18.4 Å². The van der Waals surface area contributed by atoms with Gasteiger partial charge in [0.2, 0.25) is 6.10 Å². The molecule has 0 spiro atoms. The molecule has 0 radical (unpaired) electrons. The zero-order valence-electron chi connectivity index (χ0n) is 19.6. The molecule has 12 heteroatoms. The molecule has 5 rings (SSSR count). The summed E-state index contributed by atoms with van der Waals surface area (Å²) in [5.41, 5.74) is 1.65. The number of hydrogen-bond acceptors (Lipinski definition) is 6. The number of amides is 2. The van der Waals surface area contributed by atoms with E-state index in [0.717, 1.165) is 24.1 Å². The van der Waals surface area contributed by atoms with Gasteiger partial charge in [-0.05, 0) is 52.5 Å². The van der Waals surface area contributed by atoms with Crippen molar-refractivity contribution in [3.8, 4) is 11.3 Å². The van der Waals surface area contributed by atoms with Crippen LogP contribution in [-0.4, -0.2) is 56.7 Å². The van der Waals surface area contributed by atoms with Gasteiger partial charge in [0, 0.05) is 36.1 Å². The Labute approximate surface area is 199 Å². The highest BCUT2D eigenvalue weighted by Gasteiger charge is 2.49. The average molecular weight is 493 g/mol. The number of nitrogens with one attached hydrogen (secondary N) is 1. The van der Waals surface area contributed by atoms with E-state index in [2.05, 4.69) is 15.0 Å². The Hall–Kier alpha value is -3.31. The molecular weight excluding hydrogens is 467 g/mol. The lowest BCUT2D eigenvalue weighted by Crippen LogP contribution is -2.35. The summed E-state index contributed by atoms with van der Waals surface area (Å²) in [6.45, 7) is 6.33. The molecule has 3 aliphatic rings. The van der Waals surface area contributed by atoms with Gasteiger partial charge in [0.15, 0.2) is 0 Å². The highest BCUT2D eigenvalue weighted by molar-refractivity contribution is 5.89. The van der Waals surface area contributed by atoms with Crippen molar-refractivity contribution in [2.45, 2.75) is 70.4 Å². The smallest absolute Gasteiger partial charge is 0.430 e. The van der Waals surface area contributed by atoms with Crippen molar-refractivity contribution in [3.05, 3.63) is 29.1 Å². The van der Waals surface area contributed by atoms with E-state index in [4.69, 9.17) is 9.84 Å². The fourth-order valence-electron chi connectivity index (χ4n) is 4.98. The molecule has 0 bridgehead atoms. The normalized spacial score (nSPS) is 21.9. The van der Waals surface area contributed by atoms with E-state index in [1.165, 1.54) is 12.3 Å². The average Bonchev–Trinajstić information content (AvgIpc) is 3.47. The van der Waals surface area contributed by atoms with Crippen LogP contribution >= 0.6 is 0 Å². The van der Waals surface area contributed by atoms with Crippen LogP contribution in [0.3, 0.4) is 0 Å². The second kappa shape index (κ2) is 8.13. The quantitative estimate of drug-likeness (QED) is 0.647. The Bertz CT molecular complexity index is 1190. The van der Waals surface area contributed by atoms with Gasteiger partial charge in [-0.1, -0.05) is 0 Å². The van der Waals surface area contributed by atoms with Crippen molar-refractivity contribution in [2.24, 2.45) is 0 Å². The van der Waals surface area contributed by atoms with Gasteiger partial charge in [0.05, 0.1) is 17.3 Å². The minimum atomic E-state index is -4.81. The lowest BCUT2D eigenvalue weighted by atomic mass is 9.97. The lowest BCUT2D eigenvalue weighted by molar-refractivity contribution is -0.206. The van der Waals surface area contributed by atoms with Crippen LogP contribution in [0.15, 0.2) is 12.3 Å². The highest BCUT2D eigenvalue weighted by atomic mass is 19.4. The minimum Gasteiger partial charge on any atom is -0.444 e. The number of rotatable bonds is 2. The van der Waals surface area contributed by atoms with Gasteiger partial charge < -0.3 is 14.4 Å². The first-order chi connectivity index (χ1) is 16.4. The number of anilines is 1. The molecule has 2 amide bonds. The standard InChI is InChI=1S/C23H26F3N5O4/c1-22(2,3)35-21(33)30-10-8-12(11-30)31-15-6-4-5-13(15)17(29-31)14-7-9-27-19-16(14)18(23(24,25)26)34-20(32)28-19/h7,9,12,18H,4-6,8,10-11H2,1-3H3,(H,27,28,32)/t12-,18+/m0/s1. The van der Waals surface area contributed by atoms with Crippen molar-refractivity contribution < 1.29 is 32.2 Å². The second-order valence-electron chi connectivity index (χ2n) is 10.0. The molecule has 188 valence electrons. The Morgan fingerprint density at radius 3 is 2.74 bits per heavy atom. The topological polar surface area (TPSA) is 98.6 Å². The molecule has 2 aromatic rings. The maximum Gasteiger partial charge on any atom is 0.430 e. The summed E-state index contributed by atoms with van der Waals surface area (Å²) < 4.78 is 53.5. The number of aromatic nitrogens is 3. The van der Waals surface area contributed by atoms with Crippen molar-refractivity contribution >= 4 is 18.0 Å². The Morgan fingerprint density at radius 2 is 2.03 bits per heavy atom. The molecule has 1 N–H and O–H groups in total. The third kappa shape index (κ3) is 4.30. The third-order valence-electron chi connectivity index (χ3n) is 6.37. The largest absolute Gasteiger partial charge is 0.444 e. The molecule has 0 unspecified atom stereocenters. The molecule has 2 atom stereocenters. The van der Waals surface area contributed by atoms with E-state index >= 15 is 0 Å². The first-order valence-electron chi connectivity index (χ1n) is 11.5. The fraction of sp³-hybridized carbons (Fsp3) is 0.565. The van der Waals surface area contributed by atoms with Crippen LogP contribution in [0.5, 0.6) is 0 Å². The number of pyridine rings is 1. The monoisotopic (exact) mass is 493 g/mol. The molecule has 2 aliphatic heterocycles. The zero-order valence-corrected chi connectivity index (χ0v) is 19.6. The molecule has 1 fully saturated rings. The molecule has 1 aliphatic carbocycles. The van der Waals surface area contributed by atoms with E-state index in [-0.39, 0.29) is 23.0 Å². The SMILES string of the molecule is CC(C)(C)OC(=O)N1CC[C@H](n2nc(-c3ccnc4c3[C@H](C(F)(F)F)OC(=O)N4)c3c2CCC3)C1. The summed E-state index contributed by atoms with van der Waals surface area (Å²) in [7, 11) is 0. The van der Waals surface area contributed by atoms with Crippen LogP contribution in [0, 0.1) is 0 Å². The Morgan fingerprint density at radius 1 is 1.26 bits per heavy atom. The van der Waals surface area contributed by atoms with Crippen LogP contribution in [-0.2, 0) is 22.3 Å². The zero-order chi connectivity index (χ0) is 25.1. The summed E-state index contributed by atoms with van der Waals surface area (Å²) in [5.74, 6) is -0.181. The van der Waals surface area contributed by atoms with Crippen LogP contribution in [0.25, 0.3) is 11.3 Å². The number of likely N-dealkylation sites (tertiary alicyclic amines) is 1. The Kier molecular flexibility index (Phi) is 5.44. The maximum atomic E-state index is 13.8. The van der Waals surface area contributed by atoms with Crippen molar-refractivity contribution in [3.63, 3.8) is 0 Å². The number of nitrogens with zero attached hydrogens (tertiary/aromatic N) is 4. The summed E-state index contributed by atoms with van der Waals surface area (Å²) in [5, 5.41) is 7.04. The molecule has 9 nitrogen and oxygen atoms in total. The van der Waals surface area contributed by atoms with Crippen molar-refractivity contribution in [2.75, 3.05) is 18.4 Å². The first kappa shape index (κ1) is 23.4. The molecule has 35 heavy (non-hydrogen) atoms. The fourth-order valence-corrected chi connectivity index (χ4v) is 4.98. The number of carbonyl (C=O) groups is 2. The molecule has 0 aromatic carbocycles. The van der Waals surface area contributed by atoms with E-state index in [1.54, 1.807) is 25.7 Å². The van der Waals surface area contributed by atoms with Crippen LogP contribution < -0.4 is 5.32 Å². The number of cyclic esters (lactones) is 1. The summed E-state index contributed by atoms with van der Waals surface area (Å²) >= 11 is 0. The summed E-state index contributed by atoms with van der Waals surface area (Å²) in [6, 6.07) is 1.36. The van der Waals surface area contributed by atoms with E-state index in [0.29, 0.717) is 31.6 Å². The van der Waals surface area contributed by atoms with E-state index in [1.807, 2.05) is 4.68 Å².